The molecule has 1 atom stereocenters. The Morgan fingerprint density at radius 2 is 1.93 bits per heavy atom. The summed E-state index contributed by atoms with van der Waals surface area (Å²) in [5, 5.41) is 14.8. The molecule has 1 amide bonds. The summed E-state index contributed by atoms with van der Waals surface area (Å²) >= 11 is 0. The van der Waals surface area contributed by atoms with Crippen LogP contribution in [-0.4, -0.2) is 44.5 Å². The standard InChI is InChI=1S/C32H37FN4O4/c1-19-31(20(2)41-35-19)21-8-10-27-26(16-21)34-29(37(27)22-12-14-32(3,39)15-13-22)18-23-6-5-7-30(38)36(23)24-9-11-28(40-4)25(33)17-24/h8-11,16-17,22-23,39H,5-7,12-15,18H2,1-4H3/t22?,23-,32?/m0/s1. The minimum atomic E-state index is -0.658. The van der Waals surface area contributed by atoms with Gasteiger partial charge in [-0.2, -0.15) is 0 Å². The summed E-state index contributed by atoms with van der Waals surface area (Å²) in [5.41, 5.74) is 4.59. The van der Waals surface area contributed by atoms with Crippen LogP contribution in [0, 0.1) is 19.7 Å². The summed E-state index contributed by atoms with van der Waals surface area (Å²) in [6.45, 7) is 5.75. The number of aromatic nitrogens is 3. The molecule has 2 aromatic heterocycles. The van der Waals surface area contributed by atoms with Crippen LogP contribution in [0.2, 0.25) is 0 Å². The SMILES string of the molecule is COc1ccc(N2C(=O)CCC[C@H]2Cc2nc3cc(-c4c(C)noc4C)ccc3n2C2CCC(C)(O)CC2)cc1F. The maximum absolute atomic E-state index is 14.7. The summed E-state index contributed by atoms with van der Waals surface area (Å²) in [6.07, 6.45) is 5.66. The number of imidazole rings is 1. The number of benzene rings is 2. The number of halogens is 1. The van der Waals surface area contributed by atoms with E-state index in [0.717, 1.165) is 65.1 Å². The number of hydrogen-bond acceptors (Lipinski definition) is 6. The van der Waals surface area contributed by atoms with Gasteiger partial charge in [0.2, 0.25) is 5.91 Å². The Morgan fingerprint density at radius 3 is 2.61 bits per heavy atom. The molecule has 4 aromatic rings. The first kappa shape index (κ1) is 27.4. The van der Waals surface area contributed by atoms with Gasteiger partial charge in [-0.25, -0.2) is 9.37 Å². The highest BCUT2D eigenvalue weighted by molar-refractivity contribution is 5.95. The van der Waals surface area contributed by atoms with E-state index in [9.17, 15) is 14.3 Å². The van der Waals surface area contributed by atoms with Gasteiger partial charge in [-0.3, -0.25) is 4.79 Å². The number of carbonyl (C=O) groups excluding carboxylic acids is 1. The second-order valence-corrected chi connectivity index (χ2v) is 11.9. The summed E-state index contributed by atoms with van der Waals surface area (Å²) in [4.78, 5) is 20.1. The second-order valence-electron chi connectivity index (χ2n) is 11.9. The van der Waals surface area contributed by atoms with E-state index in [1.807, 2.05) is 20.8 Å². The van der Waals surface area contributed by atoms with Crippen molar-refractivity contribution in [3.05, 3.63) is 59.5 Å². The molecule has 1 saturated heterocycles. The number of aryl methyl sites for hydroxylation is 2. The van der Waals surface area contributed by atoms with Crippen LogP contribution in [0.3, 0.4) is 0 Å². The second kappa shape index (κ2) is 10.6. The number of anilines is 1. The van der Waals surface area contributed by atoms with Crippen molar-refractivity contribution in [2.45, 2.75) is 89.8 Å². The average molecular weight is 561 g/mol. The number of carbonyl (C=O) groups is 1. The Morgan fingerprint density at radius 1 is 1.15 bits per heavy atom. The zero-order chi connectivity index (χ0) is 28.9. The number of methoxy groups -OCH3 is 1. The van der Waals surface area contributed by atoms with E-state index in [1.54, 1.807) is 17.0 Å². The van der Waals surface area contributed by atoms with Crippen LogP contribution < -0.4 is 9.64 Å². The summed E-state index contributed by atoms with van der Waals surface area (Å²) in [6, 6.07) is 11.0. The Labute approximate surface area is 239 Å². The lowest BCUT2D eigenvalue weighted by atomic mass is 9.83. The molecule has 9 heteroatoms. The highest BCUT2D eigenvalue weighted by Crippen LogP contribution is 2.39. The minimum absolute atomic E-state index is 0.0112. The normalized spacial score (nSPS) is 23.4. The average Bonchev–Trinajstić information content (AvgIpc) is 3.46. The van der Waals surface area contributed by atoms with Crippen LogP contribution >= 0.6 is 0 Å². The first-order valence-electron chi connectivity index (χ1n) is 14.5. The Balaban J connectivity index is 1.41. The van der Waals surface area contributed by atoms with E-state index in [0.29, 0.717) is 31.4 Å². The molecule has 2 aliphatic rings. The Kier molecular flexibility index (Phi) is 7.09. The van der Waals surface area contributed by atoms with E-state index < -0.39 is 11.4 Å². The first-order chi connectivity index (χ1) is 19.6. The van der Waals surface area contributed by atoms with Crippen molar-refractivity contribution in [1.29, 1.82) is 0 Å². The van der Waals surface area contributed by atoms with Crippen molar-refractivity contribution in [1.82, 2.24) is 14.7 Å². The number of fused-ring (bicyclic) bond motifs is 1. The van der Waals surface area contributed by atoms with Gasteiger partial charge >= 0.3 is 0 Å². The van der Waals surface area contributed by atoms with Gasteiger partial charge in [0.05, 0.1) is 29.4 Å². The molecule has 0 spiro atoms. The number of nitrogens with zero attached hydrogens (tertiary/aromatic N) is 4. The molecule has 1 aliphatic heterocycles. The van der Waals surface area contributed by atoms with Crippen LogP contribution in [-0.2, 0) is 11.2 Å². The lowest BCUT2D eigenvalue weighted by Gasteiger charge is -2.37. The first-order valence-corrected chi connectivity index (χ1v) is 14.5. The Hall–Kier alpha value is -3.72. The molecule has 1 aliphatic carbocycles. The van der Waals surface area contributed by atoms with Gasteiger partial charge in [0.15, 0.2) is 11.6 Å². The van der Waals surface area contributed by atoms with Gasteiger partial charge in [0, 0.05) is 42.2 Å². The lowest BCUT2D eigenvalue weighted by Crippen LogP contribution is -2.45. The number of amides is 1. The van der Waals surface area contributed by atoms with Gasteiger partial charge in [0.25, 0.3) is 0 Å². The fourth-order valence-corrected chi connectivity index (χ4v) is 6.74. The third-order valence-corrected chi connectivity index (χ3v) is 8.88. The van der Waals surface area contributed by atoms with Gasteiger partial charge in [-0.1, -0.05) is 11.2 Å². The van der Waals surface area contributed by atoms with Crippen molar-refractivity contribution in [3.63, 3.8) is 0 Å². The molecule has 0 bridgehead atoms. The summed E-state index contributed by atoms with van der Waals surface area (Å²) < 4.78 is 27.5. The molecule has 41 heavy (non-hydrogen) atoms. The van der Waals surface area contributed by atoms with Crippen LogP contribution in [0.15, 0.2) is 40.9 Å². The molecule has 0 radical (unpaired) electrons. The summed E-state index contributed by atoms with van der Waals surface area (Å²) in [5.74, 6) is 1.32. The van der Waals surface area contributed by atoms with Crippen LogP contribution in [0.5, 0.6) is 5.75 Å². The fourth-order valence-electron chi connectivity index (χ4n) is 6.74. The van der Waals surface area contributed by atoms with Crippen LogP contribution in [0.25, 0.3) is 22.2 Å². The molecule has 0 unspecified atom stereocenters. The molecule has 1 N–H and O–H groups in total. The largest absolute Gasteiger partial charge is 0.494 e. The molecule has 2 aromatic carbocycles. The van der Waals surface area contributed by atoms with Gasteiger partial charge in [-0.05, 0) is 89.1 Å². The van der Waals surface area contributed by atoms with E-state index >= 15 is 0 Å². The predicted octanol–water partition coefficient (Wildman–Crippen LogP) is 6.45. The van der Waals surface area contributed by atoms with Gasteiger partial charge < -0.3 is 23.8 Å². The van der Waals surface area contributed by atoms with Crippen molar-refractivity contribution < 1.29 is 23.6 Å². The van der Waals surface area contributed by atoms with Crippen molar-refractivity contribution in [2.75, 3.05) is 12.0 Å². The van der Waals surface area contributed by atoms with Crippen molar-refractivity contribution >= 4 is 22.6 Å². The zero-order valence-corrected chi connectivity index (χ0v) is 24.1. The number of aliphatic hydroxyl groups is 1. The number of ether oxygens (including phenoxy) is 1. The predicted molar refractivity (Wildman–Crippen MR) is 155 cm³/mol. The van der Waals surface area contributed by atoms with Gasteiger partial charge in [-0.15, -0.1) is 0 Å². The molecule has 216 valence electrons. The fraction of sp³-hybridized carbons (Fsp3) is 0.469. The maximum Gasteiger partial charge on any atom is 0.227 e. The van der Waals surface area contributed by atoms with E-state index in [2.05, 4.69) is 27.9 Å². The number of rotatable bonds is 6. The van der Waals surface area contributed by atoms with Crippen LogP contribution in [0.4, 0.5) is 10.1 Å². The third kappa shape index (κ3) is 5.12. The lowest BCUT2D eigenvalue weighted by molar-refractivity contribution is -0.120. The van der Waals surface area contributed by atoms with Gasteiger partial charge in [0.1, 0.15) is 11.6 Å². The summed E-state index contributed by atoms with van der Waals surface area (Å²) in [7, 11) is 1.43. The van der Waals surface area contributed by atoms with E-state index in [4.69, 9.17) is 14.2 Å². The third-order valence-electron chi connectivity index (χ3n) is 8.88. The molecule has 1 saturated carbocycles. The van der Waals surface area contributed by atoms with Crippen LogP contribution in [0.1, 0.15) is 75.2 Å². The smallest absolute Gasteiger partial charge is 0.227 e. The maximum atomic E-state index is 14.7. The molecule has 6 rings (SSSR count). The van der Waals surface area contributed by atoms with Crippen molar-refractivity contribution in [2.24, 2.45) is 0 Å². The van der Waals surface area contributed by atoms with Crippen molar-refractivity contribution in [3.8, 4) is 16.9 Å². The molecular formula is C32H37FN4O4. The molecule has 8 nitrogen and oxygen atoms in total. The topological polar surface area (TPSA) is 93.6 Å². The molecule has 3 heterocycles. The molecular weight excluding hydrogens is 523 g/mol. The van der Waals surface area contributed by atoms with E-state index in [-0.39, 0.29) is 23.7 Å². The highest BCUT2D eigenvalue weighted by Gasteiger charge is 2.35. The quantitative estimate of drug-likeness (QED) is 0.291. The monoisotopic (exact) mass is 560 g/mol. The zero-order valence-electron chi connectivity index (χ0n) is 24.1. The number of piperidine rings is 1. The molecule has 2 fully saturated rings. The number of hydrogen-bond donors (Lipinski definition) is 1. The minimum Gasteiger partial charge on any atom is -0.494 e. The Bertz CT molecular complexity index is 1580. The highest BCUT2D eigenvalue weighted by atomic mass is 19.1. The van der Waals surface area contributed by atoms with E-state index in [1.165, 1.54) is 13.2 Å².